The average Bonchev–Trinajstić information content (AvgIpc) is 2.86. The van der Waals surface area contributed by atoms with Gasteiger partial charge in [-0.3, -0.25) is 4.79 Å². The number of aromatic nitrogens is 2. The molecule has 9 heteroatoms. The third kappa shape index (κ3) is 3.18. The molecule has 1 amide bonds. The highest BCUT2D eigenvalue weighted by Gasteiger charge is 2.15. The van der Waals surface area contributed by atoms with Gasteiger partial charge in [0.25, 0.3) is 5.91 Å². The smallest absolute Gasteiger partial charge is 0.269 e. The number of nitrogens with zero attached hydrogens (tertiary/aromatic N) is 2. The van der Waals surface area contributed by atoms with Crippen molar-refractivity contribution in [2.45, 2.75) is 18.2 Å². The number of aryl methyl sites for hydroxylation is 1. The number of benzene rings is 1. The minimum absolute atomic E-state index is 0.01000. The molecule has 1 heterocycles. The van der Waals surface area contributed by atoms with Crippen molar-refractivity contribution in [1.29, 1.82) is 0 Å². The number of carbonyl (C=O) groups excluding carboxylic acids is 1. The molecule has 1 aromatic heterocycles. The van der Waals surface area contributed by atoms with E-state index in [1.807, 2.05) is 6.92 Å². The predicted molar refractivity (Wildman–Crippen MR) is 75.1 cm³/mol. The molecule has 0 saturated heterocycles. The van der Waals surface area contributed by atoms with Crippen molar-refractivity contribution in [1.82, 2.24) is 9.59 Å². The van der Waals surface area contributed by atoms with Crippen molar-refractivity contribution < 1.29 is 13.2 Å². The lowest BCUT2D eigenvalue weighted by molar-refractivity contribution is 0.102. The predicted octanol–water partition coefficient (Wildman–Crippen LogP) is 1.00. The number of primary sulfonamides is 1. The Morgan fingerprint density at radius 3 is 2.55 bits per heavy atom. The maximum absolute atomic E-state index is 12.0. The average molecular weight is 312 g/mol. The van der Waals surface area contributed by atoms with Crippen LogP contribution in [-0.2, 0) is 16.4 Å². The number of sulfonamides is 1. The van der Waals surface area contributed by atoms with Crippen molar-refractivity contribution >= 4 is 33.2 Å². The summed E-state index contributed by atoms with van der Waals surface area (Å²) in [5.41, 5.74) is 1.10. The van der Waals surface area contributed by atoms with Crippen LogP contribution in [0.2, 0.25) is 0 Å². The van der Waals surface area contributed by atoms with Crippen LogP contribution in [0.3, 0.4) is 0 Å². The first-order chi connectivity index (χ1) is 9.41. The molecule has 7 nitrogen and oxygen atoms in total. The molecular weight excluding hydrogens is 300 g/mol. The highest BCUT2D eigenvalue weighted by atomic mass is 32.2. The molecule has 0 saturated carbocycles. The van der Waals surface area contributed by atoms with Gasteiger partial charge in [-0.15, -0.1) is 5.10 Å². The summed E-state index contributed by atoms with van der Waals surface area (Å²) >= 11 is 1.02. The van der Waals surface area contributed by atoms with E-state index in [4.69, 9.17) is 5.14 Å². The van der Waals surface area contributed by atoms with Crippen LogP contribution < -0.4 is 10.5 Å². The summed E-state index contributed by atoms with van der Waals surface area (Å²) < 4.78 is 26.0. The fraction of sp³-hybridized carbons (Fsp3) is 0.182. The normalized spacial score (nSPS) is 11.3. The summed E-state index contributed by atoms with van der Waals surface area (Å²) in [6.07, 6.45) is 0.615. The Bertz CT molecular complexity index is 722. The van der Waals surface area contributed by atoms with Gasteiger partial charge in [-0.25, -0.2) is 13.6 Å². The van der Waals surface area contributed by atoms with Gasteiger partial charge in [0.05, 0.1) is 10.6 Å². The molecule has 2 aromatic rings. The molecule has 106 valence electrons. The van der Waals surface area contributed by atoms with Crippen molar-refractivity contribution in [3.05, 3.63) is 34.8 Å². The van der Waals surface area contributed by atoms with Gasteiger partial charge in [0, 0.05) is 5.69 Å². The molecule has 0 spiro atoms. The van der Waals surface area contributed by atoms with Crippen LogP contribution in [0.4, 0.5) is 5.69 Å². The maximum Gasteiger partial charge on any atom is 0.269 e. The first-order valence-electron chi connectivity index (χ1n) is 5.67. The number of amides is 1. The van der Waals surface area contributed by atoms with E-state index in [1.165, 1.54) is 24.3 Å². The zero-order valence-corrected chi connectivity index (χ0v) is 12.2. The lowest BCUT2D eigenvalue weighted by atomic mass is 10.2. The highest BCUT2D eigenvalue weighted by Crippen LogP contribution is 2.16. The minimum Gasteiger partial charge on any atom is -0.321 e. The Morgan fingerprint density at radius 2 is 2.00 bits per heavy atom. The number of nitrogens with two attached hydrogens (primary N) is 1. The van der Waals surface area contributed by atoms with Gasteiger partial charge in [-0.2, -0.15) is 0 Å². The van der Waals surface area contributed by atoms with Gasteiger partial charge in [-0.05, 0) is 42.2 Å². The van der Waals surface area contributed by atoms with E-state index in [-0.39, 0.29) is 10.8 Å². The first-order valence-corrected chi connectivity index (χ1v) is 7.99. The van der Waals surface area contributed by atoms with Crippen LogP contribution in [0.25, 0.3) is 0 Å². The Balaban J connectivity index is 2.17. The summed E-state index contributed by atoms with van der Waals surface area (Å²) in [6, 6.07) is 5.60. The van der Waals surface area contributed by atoms with Gasteiger partial charge >= 0.3 is 0 Å². The minimum atomic E-state index is -3.73. The number of carbonyl (C=O) groups is 1. The van der Waals surface area contributed by atoms with Crippen molar-refractivity contribution in [3.8, 4) is 0 Å². The largest absolute Gasteiger partial charge is 0.321 e. The van der Waals surface area contributed by atoms with E-state index in [2.05, 4.69) is 14.9 Å². The fourth-order valence-corrected chi connectivity index (χ4v) is 2.69. The van der Waals surface area contributed by atoms with Crippen molar-refractivity contribution in [2.24, 2.45) is 5.14 Å². The number of rotatable bonds is 4. The summed E-state index contributed by atoms with van der Waals surface area (Å²) in [5.74, 6) is -0.319. The molecule has 0 atom stereocenters. The van der Waals surface area contributed by atoms with E-state index < -0.39 is 10.0 Å². The standard InChI is InChI=1S/C11H12N4O3S2/c1-2-9-10(19-15-14-9)11(16)13-7-3-5-8(6-4-7)20(12,17)18/h3-6H,2H2,1H3,(H,13,16)(H2,12,17,18). The van der Waals surface area contributed by atoms with E-state index in [0.717, 1.165) is 11.5 Å². The topological polar surface area (TPSA) is 115 Å². The second kappa shape index (κ2) is 5.65. The van der Waals surface area contributed by atoms with Crippen LogP contribution >= 0.6 is 11.5 Å². The maximum atomic E-state index is 12.0. The Morgan fingerprint density at radius 1 is 1.35 bits per heavy atom. The monoisotopic (exact) mass is 312 g/mol. The summed E-state index contributed by atoms with van der Waals surface area (Å²) in [4.78, 5) is 12.5. The molecule has 3 N–H and O–H groups in total. The van der Waals surface area contributed by atoms with Crippen LogP contribution in [0, 0.1) is 0 Å². The molecule has 0 aliphatic heterocycles. The van der Waals surface area contributed by atoms with Gasteiger partial charge in [-0.1, -0.05) is 11.4 Å². The summed E-state index contributed by atoms with van der Waals surface area (Å²) in [6.45, 7) is 1.88. The zero-order valence-electron chi connectivity index (χ0n) is 10.5. The van der Waals surface area contributed by atoms with Crippen LogP contribution in [0.15, 0.2) is 29.2 Å². The number of hydrogen-bond donors (Lipinski definition) is 2. The zero-order chi connectivity index (χ0) is 14.8. The molecule has 1 aromatic carbocycles. The highest BCUT2D eigenvalue weighted by molar-refractivity contribution is 7.89. The molecule has 20 heavy (non-hydrogen) atoms. The Labute approximate surface area is 120 Å². The SMILES string of the molecule is CCc1nnsc1C(=O)Nc1ccc(S(N)(=O)=O)cc1. The van der Waals surface area contributed by atoms with Crippen LogP contribution in [0.5, 0.6) is 0 Å². The molecule has 0 aliphatic rings. The molecule has 2 rings (SSSR count). The third-order valence-electron chi connectivity index (χ3n) is 2.54. The summed E-state index contributed by atoms with van der Waals surface area (Å²) in [5, 5.41) is 11.5. The van der Waals surface area contributed by atoms with E-state index in [1.54, 1.807) is 0 Å². The fourth-order valence-electron chi connectivity index (χ4n) is 1.53. The van der Waals surface area contributed by atoms with Gasteiger partial charge in [0.1, 0.15) is 4.88 Å². The third-order valence-corrected chi connectivity index (χ3v) is 4.23. The van der Waals surface area contributed by atoms with Crippen molar-refractivity contribution in [3.63, 3.8) is 0 Å². The molecule has 0 radical (unpaired) electrons. The Kier molecular flexibility index (Phi) is 4.12. The first kappa shape index (κ1) is 14.6. The second-order valence-corrected chi connectivity index (χ2v) is 6.24. The second-order valence-electron chi connectivity index (χ2n) is 3.93. The van der Waals surface area contributed by atoms with E-state index in [0.29, 0.717) is 22.7 Å². The molecule has 0 unspecified atom stereocenters. The van der Waals surface area contributed by atoms with E-state index >= 15 is 0 Å². The number of hydrogen-bond acceptors (Lipinski definition) is 6. The van der Waals surface area contributed by atoms with E-state index in [9.17, 15) is 13.2 Å². The van der Waals surface area contributed by atoms with Gasteiger partial charge in [0.2, 0.25) is 10.0 Å². The lowest BCUT2D eigenvalue weighted by Gasteiger charge is -2.05. The molecule has 0 fully saturated rings. The quantitative estimate of drug-likeness (QED) is 0.874. The summed E-state index contributed by atoms with van der Waals surface area (Å²) in [7, 11) is -3.73. The van der Waals surface area contributed by atoms with Crippen LogP contribution in [0.1, 0.15) is 22.3 Å². The molecule has 0 bridgehead atoms. The molecule has 0 aliphatic carbocycles. The van der Waals surface area contributed by atoms with Crippen molar-refractivity contribution in [2.75, 3.05) is 5.32 Å². The lowest BCUT2D eigenvalue weighted by Crippen LogP contribution is -2.14. The Hall–Kier alpha value is -1.84. The number of anilines is 1. The van der Waals surface area contributed by atoms with Gasteiger partial charge in [0.15, 0.2) is 0 Å². The molecular formula is C11H12N4O3S2. The van der Waals surface area contributed by atoms with Gasteiger partial charge < -0.3 is 5.32 Å². The number of nitrogens with one attached hydrogen (secondary N) is 1. The van der Waals surface area contributed by atoms with Crippen LogP contribution in [-0.4, -0.2) is 23.9 Å².